The van der Waals surface area contributed by atoms with Gasteiger partial charge in [0.15, 0.2) is 5.82 Å². The summed E-state index contributed by atoms with van der Waals surface area (Å²) in [6.07, 6.45) is 2.71. The molecule has 0 amide bonds. The summed E-state index contributed by atoms with van der Waals surface area (Å²) in [4.78, 5) is 4.42. The second-order valence-corrected chi connectivity index (χ2v) is 4.90. The molecular weight excluding hydrogens is 245 g/mol. The van der Waals surface area contributed by atoms with Gasteiger partial charge in [0.1, 0.15) is 5.82 Å². The van der Waals surface area contributed by atoms with Crippen LogP contribution in [0.1, 0.15) is 36.0 Å². The minimum atomic E-state index is -0.238. The number of nitrogens with zero attached hydrogens (tertiary/aromatic N) is 2. The Balaban J connectivity index is 1.70. The minimum Gasteiger partial charge on any atom is -0.339 e. The number of aromatic nitrogens is 2. The minimum absolute atomic E-state index is 0.238. The van der Waals surface area contributed by atoms with E-state index in [1.54, 1.807) is 6.07 Å². The lowest BCUT2D eigenvalue weighted by molar-refractivity contribution is 0.320. The van der Waals surface area contributed by atoms with Gasteiger partial charge in [0.25, 0.3) is 0 Å². The van der Waals surface area contributed by atoms with Crippen molar-refractivity contribution in [2.75, 3.05) is 13.1 Å². The predicted molar refractivity (Wildman–Crippen MR) is 68.3 cm³/mol. The molecular formula is C14H16FN3O. The summed E-state index contributed by atoms with van der Waals surface area (Å²) in [5.74, 6) is 1.38. The molecule has 0 saturated carbocycles. The lowest BCUT2D eigenvalue weighted by atomic mass is 10.00. The number of hydrogen-bond acceptors (Lipinski definition) is 4. The van der Waals surface area contributed by atoms with Gasteiger partial charge in [0.05, 0.1) is 5.92 Å². The van der Waals surface area contributed by atoms with Crippen molar-refractivity contribution in [3.63, 3.8) is 0 Å². The summed E-state index contributed by atoms with van der Waals surface area (Å²) in [5.41, 5.74) is 0.856. The molecule has 1 saturated heterocycles. The van der Waals surface area contributed by atoms with Gasteiger partial charge in [-0.3, -0.25) is 0 Å². The van der Waals surface area contributed by atoms with Crippen molar-refractivity contribution in [1.82, 2.24) is 15.5 Å². The summed E-state index contributed by atoms with van der Waals surface area (Å²) in [7, 11) is 0. The van der Waals surface area contributed by atoms with Crippen molar-refractivity contribution in [3.8, 4) is 0 Å². The molecule has 1 atom stereocenters. The highest BCUT2D eigenvalue weighted by atomic mass is 19.1. The first-order valence-corrected chi connectivity index (χ1v) is 6.59. The quantitative estimate of drug-likeness (QED) is 0.920. The SMILES string of the molecule is Fc1cccc(Cc2noc(C3CCCNC3)n2)c1. The third-order valence-electron chi connectivity index (χ3n) is 3.38. The van der Waals surface area contributed by atoms with Crippen LogP contribution in [0.4, 0.5) is 4.39 Å². The van der Waals surface area contributed by atoms with Gasteiger partial charge in [0.2, 0.25) is 5.89 Å². The van der Waals surface area contributed by atoms with Crippen molar-refractivity contribution in [3.05, 3.63) is 47.4 Å². The van der Waals surface area contributed by atoms with Gasteiger partial charge in [-0.2, -0.15) is 4.98 Å². The van der Waals surface area contributed by atoms with Crippen molar-refractivity contribution in [2.45, 2.75) is 25.2 Å². The zero-order valence-corrected chi connectivity index (χ0v) is 10.6. The third-order valence-corrected chi connectivity index (χ3v) is 3.38. The lowest BCUT2D eigenvalue weighted by Gasteiger charge is -2.18. The number of rotatable bonds is 3. The molecule has 2 aromatic rings. The molecule has 100 valence electrons. The lowest BCUT2D eigenvalue weighted by Crippen LogP contribution is -2.28. The Morgan fingerprint density at radius 3 is 3.16 bits per heavy atom. The average Bonchev–Trinajstić information content (AvgIpc) is 2.88. The fourth-order valence-electron chi connectivity index (χ4n) is 2.40. The second kappa shape index (κ2) is 5.48. The molecule has 1 aromatic carbocycles. The molecule has 4 nitrogen and oxygen atoms in total. The average molecular weight is 261 g/mol. The molecule has 1 unspecified atom stereocenters. The summed E-state index contributed by atoms with van der Waals surface area (Å²) >= 11 is 0. The molecule has 3 rings (SSSR count). The topological polar surface area (TPSA) is 51.0 Å². The van der Waals surface area contributed by atoms with Gasteiger partial charge in [0, 0.05) is 13.0 Å². The van der Waals surface area contributed by atoms with Crippen LogP contribution in [0.5, 0.6) is 0 Å². The monoisotopic (exact) mass is 261 g/mol. The van der Waals surface area contributed by atoms with E-state index < -0.39 is 0 Å². The smallest absolute Gasteiger partial charge is 0.231 e. The van der Waals surface area contributed by atoms with Crippen LogP contribution in [0.15, 0.2) is 28.8 Å². The van der Waals surface area contributed by atoms with Gasteiger partial charge in [-0.15, -0.1) is 0 Å². The molecule has 0 spiro atoms. The van der Waals surface area contributed by atoms with Gasteiger partial charge in [-0.05, 0) is 37.1 Å². The summed E-state index contributed by atoms with van der Waals surface area (Å²) < 4.78 is 18.4. The van der Waals surface area contributed by atoms with Crippen LogP contribution < -0.4 is 5.32 Å². The molecule has 0 radical (unpaired) electrons. The largest absolute Gasteiger partial charge is 0.339 e. The van der Waals surface area contributed by atoms with E-state index >= 15 is 0 Å². The zero-order valence-electron chi connectivity index (χ0n) is 10.6. The fourth-order valence-corrected chi connectivity index (χ4v) is 2.40. The van der Waals surface area contributed by atoms with E-state index in [-0.39, 0.29) is 5.82 Å². The molecule has 1 aliphatic heterocycles. The molecule has 5 heteroatoms. The first-order valence-electron chi connectivity index (χ1n) is 6.59. The van der Waals surface area contributed by atoms with Crippen molar-refractivity contribution in [2.24, 2.45) is 0 Å². The van der Waals surface area contributed by atoms with Crippen molar-refractivity contribution < 1.29 is 8.91 Å². The maximum absolute atomic E-state index is 13.1. The van der Waals surface area contributed by atoms with E-state index in [2.05, 4.69) is 15.5 Å². The number of nitrogens with one attached hydrogen (secondary N) is 1. The molecule has 1 fully saturated rings. The Morgan fingerprint density at radius 2 is 2.37 bits per heavy atom. The van der Waals surface area contributed by atoms with Crippen LogP contribution >= 0.6 is 0 Å². The van der Waals surface area contributed by atoms with Crippen LogP contribution in [0.2, 0.25) is 0 Å². The highest BCUT2D eigenvalue weighted by molar-refractivity contribution is 5.19. The second-order valence-electron chi connectivity index (χ2n) is 4.90. The van der Waals surface area contributed by atoms with E-state index in [4.69, 9.17) is 4.52 Å². The van der Waals surface area contributed by atoms with Gasteiger partial charge < -0.3 is 9.84 Å². The van der Waals surface area contributed by atoms with Crippen molar-refractivity contribution in [1.29, 1.82) is 0 Å². The Kier molecular flexibility index (Phi) is 3.55. The van der Waals surface area contributed by atoms with Gasteiger partial charge >= 0.3 is 0 Å². The summed E-state index contributed by atoms with van der Waals surface area (Å²) in [5, 5.41) is 7.30. The van der Waals surface area contributed by atoms with E-state index in [0.29, 0.717) is 24.1 Å². The maximum Gasteiger partial charge on any atom is 0.231 e. The summed E-state index contributed by atoms with van der Waals surface area (Å²) in [6, 6.07) is 6.48. The van der Waals surface area contributed by atoms with Crippen LogP contribution in [0.3, 0.4) is 0 Å². The normalized spacial score (nSPS) is 19.5. The van der Waals surface area contributed by atoms with Crippen LogP contribution in [-0.4, -0.2) is 23.2 Å². The Hall–Kier alpha value is -1.75. The number of hydrogen-bond donors (Lipinski definition) is 1. The first-order chi connectivity index (χ1) is 9.31. The van der Waals surface area contributed by atoms with Crippen LogP contribution in [0.25, 0.3) is 0 Å². The molecule has 2 heterocycles. The van der Waals surface area contributed by atoms with E-state index in [9.17, 15) is 4.39 Å². The van der Waals surface area contributed by atoms with Gasteiger partial charge in [-0.1, -0.05) is 17.3 Å². The molecule has 1 aliphatic rings. The van der Waals surface area contributed by atoms with E-state index in [1.807, 2.05) is 6.07 Å². The Bertz CT molecular complexity index is 549. The van der Waals surface area contributed by atoms with Gasteiger partial charge in [-0.25, -0.2) is 4.39 Å². The van der Waals surface area contributed by atoms with E-state index in [1.165, 1.54) is 12.1 Å². The number of benzene rings is 1. The van der Waals surface area contributed by atoms with Crippen LogP contribution in [0, 0.1) is 5.82 Å². The number of piperidine rings is 1. The Morgan fingerprint density at radius 1 is 1.42 bits per heavy atom. The number of halogens is 1. The molecule has 19 heavy (non-hydrogen) atoms. The standard InChI is InChI=1S/C14H16FN3O/c15-12-5-1-3-10(7-12)8-13-17-14(19-18-13)11-4-2-6-16-9-11/h1,3,5,7,11,16H,2,4,6,8-9H2. The molecule has 0 aliphatic carbocycles. The highest BCUT2D eigenvalue weighted by Gasteiger charge is 2.21. The zero-order chi connectivity index (χ0) is 13.1. The molecule has 1 N–H and O–H groups in total. The highest BCUT2D eigenvalue weighted by Crippen LogP contribution is 2.21. The summed E-state index contributed by atoms with van der Waals surface area (Å²) in [6.45, 7) is 1.95. The Labute approximate surface area is 111 Å². The first kappa shape index (κ1) is 12.3. The third kappa shape index (κ3) is 2.98. The van der Waals surface area contributed by atoms with Crippen molar-refractivity contribution >= 4 is 0 Å². The van der Waals surface area contributed by atoms with Crippen LogP contribution in [-0.2, 0) is 6.42 Å². The maximum atomic E-state index is 13.1. The molecule has 0 bridgehead atoms. The predicted octanol–water partition coefficient (Wildman–Crippen LogP) is 2.27. The fraction of sp³-hybridized carbons (Fsp3) is 0.429. The molecule has 1 aromatic heterocycles. The van der Waals surface area contributed by atoms with E-state index in [0.717, 1.165) is 31.5 Å².